The van der Waals surface area contributed by atoms with E-state index in [9.17, 15) is 13.7 Å². The van der Waals surface area contributed by atoms with Crippen LogP contribution >= 0.6 is 0 Å². The van der Waals surface area contributed by atoms with Crippen molar-refractivity contribution in [3.8, 4) is 34.2 Å². The van der Waals surface area contributed by atoms with Crippen molar-refractivity contribution in [1.82, 2.24) is 19.1 Å². The fourth-order valence-corrected chi connectivity index (χ4v) is 29.9. The number of fused-ring (bicyclic) bond motifs is 6. The third kappa shape index (κ3) is 10.1. The summed E-state index contributed by atoms with van der Waals surface area (Å²) in [4.78, 5) is 11.7. The van der Waals surface area contributed by atoms with Gasteiger partial charge in [0.1, 0.15) is 0 Å². The molecule has 0 atom stereocenters. The highest BCUT2D eigenvalue weighted by Gasteiger charge is 2.45. The molecule has 3 aromatic heterocycles. The molecule has 0 aliphatic carbocycles. The van der Waals surface area contributed by atoms with Gasteiger partial charge in [0.05, 0.1) is 54.2 Å². The first-order valence-corrected chi connectivity index (χ1v) is 39.9. The van der Waals surface area contributed by atoms with Gasteiger partial charge in [-0.3, -0.25) is 4.57 Å². The highest BCUT2D eigenvalue weighted by atomic mass is 28.3. The standard InChI is InChI=1S/C94H68N4Si3/c1-10-36-70(37-11-1)99(71-38-12-2-13-39-71,72-40-14-3-15-41-72)79-54-34-35-69(65-79)87-68-88(96-94(95-87)98-91-60-33-30-57-84(91)85-63-61-81(67-93(85)98)101(76-48-22-7-23-49-76,77-50-24-8-25-51-77)78-52-26-9-27-53-78)86-66-80(62-64-92(86)97-89-58-31-28-55-82(89)83-56-29-32-59-90(83)97)100(73-42-16-4-17-43-73,74-44-18-5-19-45-74)75-46-20-6-21-47-75/h1-68H/i28D,29D,31D,32D,34D,35D,54D,55D,56D,58D,65D. The summed E-state index contributed by atoms with van der Waals surface area (Å²) in [7, 11) is -10.8. The maximum Gasteiger partial charge on any atom is 0.235 e. The smallest absolute Gasteiger partial charge is 0.235 e. The van der Waals surface area contributed by atoms with Crippen molar-refractivity contribution in [2.24, 2.45) is 0 Å². The van der Waals surface area contributed by atoms with Crippen LogP contribution < -0.4 is 62.2 Å². The highest BCUT2D eigenvalue weighted by Crippen LogP contribution is 2.39. The van der Waals surface area contributed by atoms with E-state index in [0.29, 0.717) is 11.3 Å². The molecule has 0 radical (unpaired) electrons. The number of para-hydroxylation sites is 3. The van der Waals surface area contributed by atoms with Crippen LogP contribution in [0, 0.1) is 0 Å². The largest absolute Gasteiger partial charge is 0.309 e. The Bertz CT molecular complexity index is 6400. The van der Waals surface area contributed by atoms with Crippen LogP contribution in [0.3, 0.4) is 0 Å². The Balaban J connectivity index is 1.05. The minimum absolute atomic E-state index is 0.000961. The number of hydrogen-bond donors (Lipinski definition) is 0. The lowest BCUT2D eigenvalue weighted by atomic mass is 10.1. The SMILES string of the molecule is [2H]c1cc2c(c([2H])c1[2H])c1c([2H])c([2H])c([2H])c([2H])c1n2-c1ccc([Si](c2ccccc2)(c2ccccc2)c2ccccc2)cc1-c1cc(-c2c([2H])c([2H])c([2H])c([Si](c3ccccc3)(c3ccccc3)c3ccccc3)c2[2H])nc(-n2c3ccccc3c3ccc([Si](c4ccccc4)(c4ccccc4)c4ccccc4)cc32)n1. The van der Waals surface area contributed by atoms with Gasteiger partial charge in [-0.1, -0.05) is 376 Å². The maximum atomic E-state index is 11.3. The van der Waals surface area contributed by atoms with E-state index in [1.54, 1.807) is 10.6 Å². The molecule has 0 saturated carbocycles. The molecular formula is C94H68N4Si3. The Morgan fingerprint density at radius 1 is 0.238 bits per heavy atom. The lowest BCUT2D eigenvalue weighted by Crippen LogP contribution is -2.74. The first-order valence-electron chi connectivity index (χ1n) is 39.4. The average molecular weight is 1350 g/mol. The van der Waals surface area contributed by atoms with Crippen molar-refractivity contribution >= 4 is 130 Å². The highest BCUT2D eigenvalue weighted by molar-refractivity contribution is 7.21. The van der Waals surface area contributed by atoms with Crippen LogP contribution in [0.4, 0.5) is 0 Å². The van der Waals surface area contributed by atoms with Gasteiger partial charge in [0.2, 0.25) is 5.95 Å². The summed E-state index contributed by atoms with van der Waals surface area (Å²) in [6.45, 7) is 0. The minimum atomic E-state index is -3.92. The molecule has 0 unspecified atom stereocenters. The lowest BCUT2D eigenvalue weighted by Gasteiger charge is -2.35. The normalized spacial score (nSPS) is 13.5. The molecule has 0 aliphatic rings. The van der Waals surface area contributed by atoms with Crippen LogP contribution in [0.15, 0.2) is 412 Å². The number of hydrogen-bond acceptors (Lipinski definition) is 2. The second kappa shape index (κ2) is 25.8. The third-order valence-corrected chi connectivity index (χ3v) is 34.3. The summed E-state index contributed by atoms with van der Waals surface area (Å²) < 4.78 is 113. The van der Waals surface area contributed by atoms with E-state index in [0.717, 1.165) is 78.9 Å². The summed E-state index contributed by atoms with van der Waals surface area (Å²) in [5.74, 6) is 0.112. The molecule has 0 bridgehead atoms. The van der Waals surface area contributed by atoms with Crippen LogP contribution in [0.1, 0.15) is 15.1 Å². The van der Waals surface area contributed by atoms with Crippen LogP contribution in [-0.2, 0) is 0 Å². The number of rotatable bonds is 16. The molecule has 101 heavy (non-hydrogen) atoms. The Morgan fingerprint density at radius 3 is 1.10 bits per heavy atom. The van der Waals surface area contributed by atoms with E-state index in [1.807, 2.05) is 188 Å². The van der Waals surface area contributed by atoms with Gasteiger partial charge in [-0.15, -0.1) is 0 Å². The second-order valence-corrected chi connectivity index (χ2v) is 36.8. The van der Waals surface area contributed by atoms with Gasteiger partial charge in [0.25, 0.3) is 0 Å². The van der Waals surface area contributed by atoms with Crippen LogP contribution in [0.2, 0.25) is 0 Å². The molecule has 0 N–H and O–H groups in total. The van der Waals surface area contributed by atoms with Crippen molar-refractivity contribution in [2.75, 3.05) is 0 Å². The molecule has 4 nitrogen and oxygen atoms in total. The van der Waals surface area contributed by atoms with Crippen LogP contribution in [-0.4, -0.2) is 43.3 Å². The molecule has 476 valence electrons. The van der Waals surface area contributed by atoms with Crippen molar-refractivity contribution in [3.05, 3.63) is 412 Å². The summed E-state index contributed by atoms with van der Waals surface area (Å²) in [5.41, 5.74) is 2.60. The zero-order valence-electron chi connectivity index (χ0n) is 65.7. The number of benzene rings is 15. The summed E-state index contributed by atoms with van der Waals surface area (Å²) in [6, 6.07) is 113. The van der Waals surface area contributed by atoms with Crippen molar-refractivity contribution in [3.63, 3.8) is 0 Å². The molecule has 18 aromatic rings. The van der Waals surface area contributed by atoms with E-state index in [1.165, 1.54) is 6.07 Å². The molecule has 3 heterocycles. The van der Waals surface area contributed by atoms with Gasteiger partial charge in [-0.25, -0.2) is 9.97 Å². The van der Waals surface area contributed by atoms with E-state index in [-0.39, 0.29) is 74.1 Å². The van der Waals surface area contributed by atoms with E-state index in [2.05, 4.69) is 150 Å². The molecule has 15 aromatic carbocycles. The van der Waals surface area contributed by atoms with Gasteiger partial charge < -0.3 is 4.57 Å². The Labute approximate surface area is 607 Å². The number of nitrogens with zero attached hydrogens (tertiary/aromatic N) is 4. The van der Waals surface area contributed by atoms with E-state index in [4.69, 9.17) is 11.3 Å². The molecular weight excluding hydrogens is 1270 g/mol. The van der Waals surface area contributed by atoms with Crippen LogP contribution in [0.25, 0.3) is 77.8 Å². The van der Waals surface area contributed by atoms with Crippen LogP contribution in [0.5, 0.6) is 0 Å². The van der Waals surface area contributed by atoms with Gasteiger partial charge in [-0.05, 0) is 98.6 Å². The Morgan fingerprint density at radius 2 is 0.614 bits per heavy atom. The third-order valence-electron chi connectivity index (χ3n) is 20.2. The molecule has 18 rings (SSSR count). The summed E-state index contributed by atoms with van der Waals surface area (Å²) in [6.07, 6.45) is 0. The van der Waals surface area contributed by atoms with Crippen molar-refractivity contribution in [1.29, 1.82) is 0 Å². The molecule has 0 amide bonds. The first kappa shape index (κ1) is 50.0. The van der Waals surface area contributed by atoms with Gasteiger partial charge in [-0.2, -0.15) is 0 Å². The second-order valence-electron chi connectivity index (χ2n) is 25.4. The molecule has 0 fully saturated rings. The number of aromatic nitrogens is 4. The van der Waals surface area contributed by atoms with Gasteiger partial charge in [0, 0.05) is 32.7 Å². The summed E-state index contributed by atoms with van der Waals surface area (Å²) >= 11 is 0. The monoisotopic (exact) mass is 1350 g/mol. The molecule has 0 spiro atoms. The first-order chi connectivity index (χ1) is 54.7. The lowest BCUT2D eigenvalue weighted by molar-refractivity contribution is 0.994. The Hall–Kier alpha value is -12.4. The zero-order valence-corrected chi connectivity index (χ0v) is 57.7. The predicted octanol–water partition coefficient (Wildman–Crippen LogP) is 14.1. The van der Waals surface area contributed by atoms with E-state index >= 15 is 0 Å². The Kier molecular flexibility index (Phi) is 12.8. The van der Waals surface area contributed by atoms with Gasteiger partial charge in [0.15, 0.2) is 24.2 Å². The van der Waals surface area contributed by atoms with Crippen molar-refractivity contribution in [2.45, 2.75) is 0 Å². The summed E-state index contributed by atoms with van der Waals surface area (Å²) in [5, 5.41) is 13.1. The van der Waals surface area contributed by atoms with Gasteiger partial charge >= 0.3 is 0 Å². The molecule has 0 aliphatic heterocycles. The maximum absolute atomic E-state index is 11.3. The predicted molar refractivity (Wildman–Crippen MR) is 432 cm³/mol. The quantitative estimate of drug-likeness (QED) is 0.0714. The fraction of sp³-hybridized carbons (Fsp3) is 0. The molecule has 7 heteroatoms. The fourth-order valence-electron chi connectivity index (χ4n) is 15.9. The van der Waals surface area contributed by atoms with Crippen molar-refractivity contribution < 1.29 is 15.1 Å². The minimum Gasteiger partial charge on any atom is -0.309 e. The zero-order chi connectivity index (χ0) is 76.7. The average Bonchev–Trinajstić information content (AvgIpc) is 1.15. The molecule has 0 saturated heterocycles. The van der Waals surface area contributed by atoms with E-state index < -0.39 is 66.5 Å². The topological polar surface area (TPSA) is 35.6 Å².